The predicted molar refractivity (Wildman–Crippen MR) is 139 cm³/mol. The molecule has 0 unspecified atom stereocenters. The topological polar surface area (TPSA) is 83.6 Å². The largest absolute Gasteiger partial charge is 0.474 e. The minimum absolute atomic E-state index is 0.00294. The van der Waals surface area contributed by atoms with E-state index in [-0.39, 0.29) is 17.4 Å². The average Bonchev–Trinajstić information content (AvgIpc) is 3.47. The van der Waals surface area contributed by atoms with Gasteiger partial charge in [-0.05, 0) is 71.6 Å². The molecule has 5 aliphatic rings. The quantitative estimate of drug-likeness (QED) is 0.492. The predicted octanol–water partition coefficient (Wildman–Crippen LogP) is 4.65. The van der Waals surface area contributed by atoms with Crippen LogP contribution in [0.5, 0.6) is 5.88 Å². The van der Waals surface area contributed by atoms with Crippen molar-refractivity contribution in [1.29, 1.82) is 0 Å². The molecule has 1 atom stereocenters. The maximum Gasteiger partial charge on any atom is 0.262 e. The van der Waals surface area contributed by atoms with E-state index in [1.807, 2.05) is 18.2 Å². The highest BCUT2D eigenvalue weighted by Gasteiger charge is 2.57. The molecule has 4 fully saturated rings. The van der Waals surface area contributed by atoms with Crippen LogP contribution >= 0.6 is 27.3 Å². The summed E-state index contributed by atoms with van der Waals surface area (Å²) in [4.78, 5) is 34.7. The summed E-state index contributed by atoms with van der Waals surface area (Å²) in [6, 6.07) is 5.44. The van der Waals surface area contributed by atoms with Gasteiger partial charge in [-0.1, -0.05) is 25.7 Å². The molecule has 0 saturated heterocycles. The van der Waals surface area contributed by atoms with E-state index >= 15 is 0 Å². The van der Waals surface area contributed by atoms with E-state index in [1.54, 1.807) is 6.20 Å². The lowest BCUT2D eigenvalue weighted by atomic mass is 9.50. The van der Waals surface area contributed by atoms with E-state index in [4.69, 9.17) is 4.74 Å². The van der Waals surface area contributed by atoms with Crippen LogP contribution < -0.4 is 20.3 Å². The molecule has 2 aromatic heterocycles. The van der Waals surface area contributed by atoms with Crippen molar-refractivity contribution in [1.82, 2.24) is 15.6 Å². The van der Waals surface area contributed by atoms with Crippen LogP contribution in [0.1, 0.15) is 65.9 Å². The van der Waals surface area contributed by atoms with Gasteiger partial charge in [-0.3, -0.25) is 9.59 Å². The molecule has 9 heteroatoms. The minimum Gasteiger partial charge on any atom is -0.474 e. The highest BCUT2D eigenvalue weighted by Crippen LogP contribution is 2.57. The number of carbonyl (C=O) groups excluding carboxylic acids is 2. The molecule has 35 heavy (non-hydrogen) atoms. The number of hydrogen-bond donors (Lipinski definition) is 2. The van der Waals surface area contributed by atoms with Crippen LogP contribution in [0.2, 0.25) is 0 Å². The molecule has 0 aromatic carbocycles. The molecular weight excluding hydrogens is 528 g/mol. The third-order valence-corrected chi connectivity index (χ3v) is 9.57. The lowest BCUT2D eigenvalue weighted by Gasteiger charge is -2.62. The molecular formula is C26H31BrN4O3S. The minimum atomic E-state index is -0.459. The second-order valence-electron chi connectivity index (χ2n) is 10.7. The van der Waals surface area contributed by atoms with Crippen molar-refractivity contribution in [3.05, 3.63) is 38.6 Å². The Morgan fingerprint density at radius 3 is 2.80 bits per heavy atom. The highest BCUT2D eigenvalue weighted by molar-refractivity contribution is 9.10. The van der Waals surface area contributed by atoms with Crippen molar-refractivity contribution < 1.29 is 14.3 Å². The number of nitrogens with zero attached hydrogens (tertiary/aromatic N) is 2. The summed E-state index contributed by atoms with van der Waals surface area (Å²) in [5, 5.41) is 6.38. The highest BCUT2D eigenvalue weighted by atomic mass is 79.9. The summed E-state index contributed by atoms with van der Waals surface area (Å²) in [5.41, 5.74) is 0.973. The van der Waals surface area contributed by atoms with Gasteiger partial charge < -0.3 is 20.3 Å². The number of carbonyl (C=O) groups is 2. The van der Waals surface area contributed by atoms with Gasteiger partial charge in [-0.15, -0.1) is 11.3 Å². The van der Waals surface area contributed by atoms with Crippen LogP contribution in [-0.4, -0.2) is 41.5 Å². The monoisotopic (exact) mass is 558 g/mol. The number of aromatic nitrogens is 1. The number of amides is 2. The molecule has 2 amide bonds. The number of thiophene rings is 1. The first-order valence-corrected chi connectivity index (χ1v) is 14.3. The Labute approximate surface area is 218 Å². The molecule has 1 aliphatic heterocycles. The molecule has 2 N–H and O–H groups in total. The summed E-state index contributed by atoms with van der Waals surface area (Å²) >= 11 is 4.98. The van der Waals surface area contributed by atoms with Gasteiger partial charge in [0.2, 0.25) is 11.8 Å². The van der Waals surface area contributed by atoms with Crippen LogP contribution in [0.4, 0.5) is 5.69 Å². The SMILES string of the molecule is O=C(N[C@@H](CC1CCCC1)C(=O)NC12CC(C1)C2)c1ccc(CN2CCOc3ncc(Br)cc32)s1. The third-order valence-electron chi connectivity index (χ3n) is 8.06. The van der Waals surface area contributed by atoms with Crippen LogP contribution in [0.3, 0.4) is 0 Å². The van der Waals surface area contributed by atoms with Crippen molar-refractivity contribution in [3.63, 3.8) is 0 Å². The maximum atomic E-state index is 13.2. The van der Waals surface area contributed by atoms with Crippen LogP contribution in [0, 0.1) is 11.8 Å². The van der Waals surface area contributed by atoms with Gasteiger partial charge in [0.15, 0.2) is 0 Å². The van der Waals surface area contributed by atoms with E-state index in [0.717, 1.165) is 66.0 Å². The van der Waals surface area contributed by atoms with E-state index < -0.39 is 6.04 Å². The zero-order chi connectivity index (χ0) is 24.0. The summed E-state index contributed by atoms with van der Waals surface area (Å²) in [5.74, 6) is 1.82. The molecule has 2 aromatic rings. The van der Waals surface area contributed by atoms with E-state index in [2.05, 4.69) is 36.4 Å². The Balaban J connectivity index is 1.12. The first kappa shape index (κ1) is 23.3. The first-order chi connectivity index (χ1) is 17.0. The normalized spacial score (nSPS) is 25.6. The maximum absolute atomic E-state index is 13.2. The van der Waals surface area contributed by atoms with Gasteiger partial charge in [0.05, 0.1) is 18.0 Å². The number of halogens is 1. The summed E-state index contributed by atoms with van der Waals surface area (Å²) in [7, 11) is 0. The average molecular weight is 560 g/mol. The molecule has 7 rings (SSSR count). The Kier molecular flexibility index (Phi) is 6.25. The van der Waals surface area contributed by atoms with Gasteiger partial charge in [-0.25, -0.2) is 4.98 Å². The smallest absolute Gasteiger partial charge is 0.262 e. The molecule has 4 saturated carbocycles. The molecule has 186 valence electrons. The lowest BCUT2D eigenvalue weighted by molar-refractivity contribution is -0.135. The second-order valence-corrected chi connectivity index (χ2v) is 12.8. The van der Waals surface area contributed by atoms with Crippen molar-refractivity contribution in [2.45, 2.75) is 69.5 Å². The van der Waals surface area contributed by atoms with Gasteiger partial charge in [0, 0.05) is 21.1 Å². The number of hydrogen-bond acceptors (Lipinski definition) is 6. The number of pyridine rings is 1. The zero-order valence-corrected chi connectivity index (χ0v) is 22.1. The summed E-state index contributed by atoms with van der Waals surface area (Å²) in [6.07, 6.45) is 10.6. The van der Waals surface area contributed by atoms with Gasteiger partial charge >= 0.3 is 0 Å². The van der Waals surface area contributed by atoms with Crippen LogP contribution in [0.25, 0.3) is 0 Å². The Morgan fingerprint density at radius 2 is 2.06 bits per heavy atom. The van der Waals surface area contributed by atoms with Crippen molar-refractivity contribution in [2.75, 3.05) is 18.1 Å². The van der Waals surface area contributed by atoms with Crippen molar-refractivity contribution >= 4 is 44.8 Å². The molecule has 3 heterocycles. The van der Waals surface area contributed by atoms with E-state index in [1.165, 1.54) is 24.2 Å². The fourth-order valence-corrected chi connectivity index (χ4v) is 7.33. The molecule has 0 spiro atoms. The van der Waals surface area contributed by atoms with E-state index in [9.17, 15) is 9.59 Å². The lowest BCUT2D eigenvalue weighted by Crippen LogP contribution is -2.70. The van der Waals surface area contributed by atoms with Crippen LogP contribution in [0.15, 0.2) is 28.9 Å². The number of anilines is 1. The molecule has 2 bridgehead atoms. The van der Waals surface area contributed by atoms with E-state index in [0.29, 0.717) is 29.8 Å². The zero-order valence-electron chi connectivity index (χ0n) is 19.7. The summed E-state index contributed by atoms with van der Waals surface area (Å²) in [6.45, 7) is 2.03. The van der Waals surface area contributed by atoms with Crippen molar-refractivity contribution in [2.24, 2.45) is 11.8 Å². The fraction of sp³-hybridized carbons (Fsp3) is 0.577. The number of nitrogens with one attached hydrogen (secondary N) is 2. The third kappa shape index (κ3) is 4.81. The molecule has 7 nitrogen and oxygen atoms in total. The van der Waals surface area contributed by atoms with Crippen LogP contribution in [-0.2, 0) is 11.3 Å². The van der Waals surface area contributed by atoms with Gasteiger partial charge in [0.1, 0.15) is 18.3 Å². The first-order valence-electron chi connectivity index (χ1n) is 12.7. The summed E-state index contributed by atoms with van der Waals surface area (Å²) < 4.78 is 6.59. The van der Waals surface area contributed by atoms with Gasteiger partial charge in [-0.2, -0.15) is 0 Å². The number of rotatable bonds is 8. The Morgan fingerprint density at radius 1 is 1.26 bits per heavy atom. The number of ether oxygens (including phenoxy) is 1. The Bertz CT molecular complexity index is 1110. The molecule has 0 radical (unpaired) electrons. The standard InChI is InChI=1S/C26H31BrN4O3S/c27-18-10-21-25(28-14-18)34-8-7-31(21)15-19-5-6-22(35-19)24(33)29-20(9-16-3-1-2-4-16)23(32)30-26-11-17(12-26)13-26/h5-6,10,14,16-17,20H,1-4,7-9,11-13,15H2,(H,29,33)(H,30,32)/t17?,20-,26?/m0/s1. The molecule has 4 aliphatic carbocycles. The van der Waals surface area contributed by atoms with Crippen molar-refractivity contribution in [3.8, 4) is 5.88 Å². The number of fused-ring (bicyclic) bond motifs is 1. The Hall–Kier alpha value is -2.13. The van der Waals surface area contributed by atoms with Gasteiger partial charge in [0.25, 0.3) is 5.91 Å². The second kappa shape index (κ2) is 9.39. The fourth-order valence-electron chi connectivity index (χ4n) is 6.08.